The summed E-state index contributed by atoms with van der Waals surface area (Å²) in [6.07, 6.45) is 4.59. The van der Waals surface area contributed by atoms with Gasteiger partial charge in [-0.2, -0.15) is 0 Å². The molecule has 0 aromatic carbocycles. The van der Waals surface area contributed by atoms with E-state index in [9.17, 15) is 4.79 Å². The second kappa shape index (κ2) is 5.57. The number of nitrogens with zero attached hydrogens (tertiary/aromatic N) is 1. The Bertz CT molecular complexity index is 304. The molecule has 2 rings (SSSR count). The highest BCUT2D eigenvalue weighted by Gasteiger charge is 2.45. The summed E-state index contributed by atoms with van der Waals surface area (Å²) >= 11 is 0. The Hall–Kier alpha value is -0.610. The van der Waals surface area contributed by atoms with Crippen LogP contribution in [0.15, 0.2) is 0 Å². The zero-order chi connectivity index (χ0) is 13.2. The Balaban J connectivity index is 1.82. The maximum Gasteiger partial charge on any atom is 0.243 e. The first-order valence-corrected chi connectivity index (χ1v) is 7.27. The van der Waals surface area contributed by atoms with E-state index >= 15 is 0 Å². The van der Waals surface area contributed by atoms with Crippen molar-refractivity contribution < 1.29 is 9.53 Å². The number of hydrogen-bond acceptors (Lipinski definition) is 3. The summed E-state index contributed by atoms with van der Waals surface area (Å²) in [6, 6.07) is 0. The monoisotopic (exact) mass is 254 g/mol. The van der Waals surface area contributed by atoms with Crippen molar-refractivity contribution in [1.82, 2.24) is 10.2 Å². The van der Waals surface area contributed by atoms with Crippen LogP contribution in [0.2, 0.25) is 0 Å². The molecule has 0 bridgehead atoms. The maximum absolute atomic E-state index is 12.4. The van der Waals surface area contributed by atoms with Crippen LogP contribution in [-0.2, 0) is 9.53 Å². The summed E-state index contributed by atoms with van der Waals surface area (Å²) in [5.41, 5.74) is -0.378. The predicted molar refractivity (Wildman–Crippen MR) is 71.2 cm³/mol. The molecule has 0 aromatic rings. The molecule has 0 spiro atoms. The van der Waals surface area contributed by atoms with E-state index in [2.05, 4.69) is 19.2 Å². The third-order valence-corrected chi connectivity index (χ3v) is 4.22. The fraction of sp³-hybridized carbons (Fsp3) is 0.929. The Labute approximate surface area is 110 Å². The van der Waals surface area contributed by atoms with E-state index in [0.717, 1.165) is 25.4 Å². The molecule has 2 fully saturated rings. The van der Waals surface area contributed by atoms with Crippen LogP contribution in [-0.4, -0.2) is 42.3 Å². The Morgan fingerprint density at radius 2 is 2.17 bits per heavy atom. The molecular formula is C14H26N2O2. The number of carbonyl (C=O) groups excluding carboxylic acids is 1. The van der Waals surface area contributed by atoms with E-state index < -0.39 is 0 Å². The molecule has 1 aliphatic heterocycles. The van der Waals surface area contributed by atoms with Crippen LogP contribution in [0.25, 0.3) is 0 Å². The molecule has 4 nitrogen and oxygen atoms in total. The smallest absolute Gasteiger partial charge is 0.243 e. The summed E-state index contributed by atoms with van der Waals surface area (Å²) in [7, 11) is 0. The largest absolute Gasteiger partial charge is 0.379 e. The molecule has 2 atom stereocenters. The van der Waals surface area contributed by atoms with Crippen molar-refractivity contribution in [2.75, 3.05) is 19.8 Å². The van der Waals surface area contributed by atoms with Crippen LogP contribution >= 0.6 is 0 Å². The highest BCUT2D eigenvalue weighted by molar-refractivity contribution is 5.88. The fourth-order valence-electron chi connectivity index (χ4n) is 2.50. The van der Waals surface area contributed by atoms with Crippen LogP contribution in [0.3, 0.4) is 0 Å². The fourth-order valence-corrected chi connectivity index (χ4v) is 2.50. The van der Waals surface area contributed by atoms with Gasteiger partial charge in [-0.05, 0) is 38.5 Å². The lowest BCUT2D eigenvalue weighted by atomic mass is 9.99. The van der Waals surface area contributed by atoms with Gasteiger partial charge in [-0.1, -0.05) is 13.8 Å². The molecule has 1 N–H and O–H groups in total. The number of ether oxygens (including phenoxy) is 1. The standard InChI is InChI=1S/C14H26N2O2/c1-4-12-15-14(3,5-2)13(17)16(12)8-9-18-10-11-6-7-11/h11-12,15H,4-10H2,1-3H3. The van der Waals surface area contributed by atoms with Gasteiger partial charge in [-0.25, -0.2) is 0 Å². The van der Waals surface area contributed by atoms with Crippen molar-refractivity contribution in [3.63, 3.8) is 0 Å². The quantitative estimate of drug-likeness (QED) is 0.704. The summed E-state index contributed by atoms with van der Waals surface area (Å²) in [5.74, 6) is 1.02. The lowest BCUT2D eigenvalue weighted by Crippen LogP contribution is -2.43. The number of hydrogen-bond donors (Lipinski definition) is 1. The molecular weight excluding hydrogens is 228 g/mol. The minimum Gasteiger partial charge on any atom is -0.379 e. The molecule has 0 aromatic heterocycles. The van der Waals surface area contributed by atoms with E-state index in [1.807, 2.05) is 11.8 Å². The summed E-state index contributed by atoms with van der Waals surface area (Å²) in [6.45, 7) is 8.43. The van der Waals surface area contributed by atoms with E-state index in [1.165, 1.54) is 12.8 Å². The van der Waals surface area contributed by atoms with E-state index in [1.54, 1.807) is 0 Å². The van der Waals surface area contributed by atoms with Crippen molar-refractivity contribution in [2.24, 2.45) is 5.92 Å². The second-order valence-electron chi connectivity index (χ2n) is 5.77. The highest BCUT2D eigenvalue weighted by atomic mass is 16.5. The molecule has 18 heavy (non-hydrogen) atoms. The minimum absolute atomic E-state index is 0.173. The minimum atomic E-state index is -0.378. The normalized spacial score (nSPS) is 32.3. The van der Waals surface area contributed by atoms with Gasteiger partial charge in [0.15, 0.2) is 0 Å². The molecule has 1 amide bonds. The van der Waals surface area contributed by atoms with Crippen LogP contribution < -0.4 is 5.32 Å². The molecule has 1 saturated heterocycles. The van der Waals surface area contributed by atoms with Crippen molar-refractivity contribution in [3.8, 4) is 0 Å². The first-order valence-electron chi connectivity index (χ1n) is 7.27. The van der Waals surface area contributed by atoms with E-state index in [4.69, 9.17) is 4.74 Å². The van der Waals surface area contributed by atoms with Crippen molar-refractivity contribution in [2.45, 2.75) is 58.2 Å². The third-order valence-electron chi connectivity index (χ3n) is 4.22. The SMILES string of the molecule is CCC1NC(C)(CC)C(=O)N1CCOCC1CC1. The first kappa shape index (κ1) is 13.8. The van der Waals surface area contributed by atoms with Crippen molar-refractivity contribution >= 4 is 5.91 Å². The maximum atomic E-state index is 12.4. The molecule has 2 aliphatic rings. The number of rotatable bonds is 7. The average Bonchev–Trinajstić information content (AvgIpc) is 3.16. The van der Waals surface area contributed by atoms with E-state index in [0.29, 0.717) is 13.2 Å². The summed E-state index contributed by atoms with van der Waals surface area (Å²) in [5, 5.41) is 3.45. The summed E-state index contributed by atoms with van der Waals surface area (Å²) in [4.78, 5) is 14.3. The predicted octanol–water partition coefficient (Wildman–Crippen LogP) is 1.75. The van der Waals surface area contributed by atoms with Gasteiger partial charge in [0.2, 0.25) is 5.91 Å². The second-order valence-corrected chi connectivity index (χ2v) is 5.77. The Morgan fingerprint density at radius 3 is 2.72 bits per heavy atom. The van der Waals surface area contributed by atoms with Crippen molar-refractivity contribution in [3.05, 3.63) is 0 Å². The van der Waals surface area contributed by atoms with Gasteiger partial charge in [0.05, 0.1) is 18.3 Å². The van der Waals surface area contributed by atoms with Gasteiger partial charge in [-0.15, -0.1) is 0 Å². The van der Waals surface area contributed by atoms with Crippen LogP contribution in [0, 0.1) is 5.92 Å². The highest BCUT2D eigenvalue weighted by Crippen LogP contribution is 2.29. The van der Waals surface area contributed by atoms with Gasteiger partial charge in [0.1, 0.15) is 0 Å². The van der Waals surface area contributed by atoms with Gasteiger partial charge in [0, 0.05) is 13.2 Å². The lowest BCUT2D eigenvalue weighted by molar-refractivity contribution is -0.133. The topological polar surface area (TPSA) is 41.6 Å². The summed E-state index contributed by atoms with van der Waals surface area (Å²) < 4.78 is 5.64. The van der Waals surface area contributed by atoms with Crippen LogP contribution in [0.4, 0.5) is 0 Å². The number of amides is 1. The molecule has 4 heteroatoms. The third kappa shape index (κ3) is 2.86. The number of nitrogens with one attached hydrogen (secondary N) is 1. The molecule has 1 heterocycles. The van der Waals surface area contributed by atoms with Crippen molar-refractivity contribution in [1.29, 1.82) is 0 Å². The Kier molecular flexibility index (Phi) is 4.28. The number of carbonyl (C=O) groups is 1. The first-order chi connectivity index (χ1) is 8.60. The van der Waals surface area contributed by atoms with E-state index in [-0.39, 0.29) is 17.6 Å². The zero-order valence-corrected chi connectivity index (χ0v) is 11.9. The van der Waals surface area contributed by atoms with Gasteiger partial charge >= 0.3 is 0 Å². The van der Waals surface area contributed by atoms with Gasteiger partial charge in [0.25, 0.3) is 0 Å². The molecule has 2 unspecified atom stereocenters. The lowest BCUT2D eigenvalue weighted by Gasteiger charge is -2.23. The molecule has 1 aliphatic carbocycles. The molecule has 104 valence electrons. The molecule has 1 saturated carbocycles. The Morgan fingerprint density at radius 1 is 1.44 bits per heavy atom. The average molecular weight is 254 g/mol. The van der Waals surface area contributed by atoms with Gasteiger partial charge in [-0.3, -0.25) is 10.1 Å². The molecule has 0 radical (unpaired) electrons. The zero-order valence-electron chi connectivity index (χ0n) is 11.9. The van der Waals surface area contributed by atoms with Crippen LogP contribution in [0.5, 0.6) is 0 Å². The van der Waals surface area contributed by atoms with Crippen LogP contribution in [0.1, 0.15) is 46.5 Å². The van der Waals surface area contributed by atoms with Gasteiger partial charge < -0.3 is 9.64 Å².